The SMILES string of the molecule is CNC1CCN(c2cccnc2)C(C)C1C. The Bertz CT molecular complexity index is 325. The van der Waals surface area contributed by atoms with E-state index in [2.05, 4.69) is 42.2 Å². The molecule has 1 aromatic heterocycles. The molecule has 0 aromatic carbocycles. The van der Waals surface area contributed by atoms with Gasteiger partial charge < -0.3 is 10.2 Å². The third-order valence-electron chi connectivity index (χ3n) is 3.92. The Hall–Kier alpha value is -1.09. The topological polar surface area (TPSA) is 28.2 Å². The normalized spacial score (nSPS) is 30.4. The van der Waals surface area contributed by atoms with Crippen molar-refractivity contribution >= 4 is 5.69 Å². The van der Waals surface area contributed by atoms with E-state index in [1.54, 1.807) is 0 Å². The van der Waals surface area contributed by atoms with Crippen LogP contribution in [-0.2, 0) is 0 Å². The molecule has 1 fully saturated rings. The van der Waals surface area contributed by atoms with Crippen LogP contribution < -0.4 is 10.2 Å². The summed E-state index contributed by atoms with van der Waals surface area (Å²) in [6, 6.07) is 5.37. The summed E-state index contributed by atoms with van der Waals surface area (Å²) in [7, 11) is 2.06. The lowest BCUT2D eigenvalue weighted by atomic mass is 9.87. The first-order chi connectivity index (χ1) is 7.74. The van der Waals surface area contributed by atoms with E-state index in [0.29, 0.717) is 18.0 Å². The van der Waals surface area contributed by atoms with Gasteiger partial charge in [0, 0.05) is 24.8 Å². The molecule has 3 atom stereocenters. The molecule has 0 amide bonds. The largest absolute Gasteiger partial charge is 0.367 e. The number of nitrogens with one attached hydrogen (secondary N) is 1. The summed E-state index contributed by atoms with van der Waals surface area (Å²) in [5.74, 6) is 0.666. The lowest BCUT2D eigenvalue weighted by Gasteiger charge is -2.43. The summed E-state index contributed by atoms with van der Waals surface area (Å²) in [5, 5.41) is 3.41. The number of pyridine rings is 1. The summed E-state index contributed by atoms with van der Waals surface area (Å²) < 4.78 is 0. The Labute approximate surface area is 97.9 Å². The van der Waals surface area contributed by atoms with Gasteiger partial charge in [0.05, 0.1) is 11.9 Å². The molecule has 0 spiro atoms. The molecule has 0 radical (unpaired) electrons. The monoisotopic (exact) mass is 219 g/mol. The van der Waals surface area contributed by atoms with Crippen molar-refractivity contribution in [2.75, 3.05) is 18.5 Å². The second-order valence-electron chi connectivity index (χ2n) is 4.69. The van der Waals surface area contributed by atoms with E-state index in [0.717, 1.165) is 6.54 Å². The number of piperidine rings is 1. The van der Waals surface area contributed by atoms with Crippen LogP contribution in [-0.4, -0.2) is 30.7 Å². The van der Waals surface area contributed by atoms with Crippen molar-refractivity contribution < 1.29 is 0 Å². The van der Waals surface area contributed by atoms with Crippen LogP contribution in [0.25, 0.3) is 0 Å². The Morgan fingerprint density at radius 2 is 2.25 bits per heavy atom. The molecular weight excluding hydrogens is 198 g/mol. The molecule has 3 heteroatoms. The van der Waals surface area contributed by atoms with Crippen molar-refractivity contribution in [3.05, 3.63) is 24.5 Å². The molecule has 0 bridgehead atoms. The number of anilines is 1. The average molecular weight is 219 g/mol. The van der Waals surface area contributed by atoms with Crippen LogP contribution in [0.1, 0.15) is 20.3 Å². The maximum absolute atomic E-state index is 4.20. The van der Waals surface area contributed by atoms with E-state index in [1.165, 1.54) is 12.1 Å². The molecule has 2 rings (SSSR count). The van der Waals surface area contributed by atoms with Gasteiger partial charge in [0.2, 0.25) is 0 Å². The average Bonchev–Trinajstić information content (AvgIpc) is 2.34. The van der Waals surface area contributed by atoms with E-state index in [1.807, 2.05) is 18.5 Å². The highest BCUT2D eigenvalue weighted by Crippen LogP contribution is 2.27. The van der Waals surface area contributed by atoms with Gasteiger partial charge in [-0.05, 0) is 38.4 Å². The zero-order valence-electron chi connectivity index (χ0n) is 10.4. The Balaban J connectivity index is 2.14. The lowest BCUT2D eigenvalue weighted by molar-refractivity contribution is 0.282. The van der Waals surface area contributed by atoms with Crippen molar-refractivity contribution in [2.24, 2.45) is 5.92 Å². The molecular formula is C13H21N3. The second-order valence-corrected chi connectivity index (χ2v) is 4.69. The predicted molar refractivity (Wildman–Crippen MR) is 67.7 cm³/mol. The standard InChI is InChI=1S/C13H21N3/c1-10-11(2)16(8-6-13(10)14-3)12-5-4-7-15-9-12/h4-5,7,9-11,13-14H,6,8H2,1-3H3. The minimum atomic E-state index is 0.565. The molecule has 3 nitrogen and oxygen atoms in total. The maximum atomic E-state index is 4.20. The Morgan fingerprint density at radius 3 is 2.88 bits per heavy atom. The first-order valence-electron chi connectivity index (χ1n) is 6.08. The molecule has 1 N–H and O–H groups in total. The lowest BCUT2D eigenvalue weighted by Crippen LogP contribution is -2.52. The third kappa shape index (κ3) is 2.05. The number of nitrogens with zero attached hydrogens (tertiary/aromatic N) is 2. The molecule has 1 aliphatic heterocycles. The smallest absolute Gasteiger partial charge is 0.0555 e. The van der Waals surface area contributed by atoms with Gasteiger partial charge in [0.25, 0.3) is 0 Å². The number of hydrogen-bond acceptors (Lipinski definition) is 3. The van der Waals surface area contributed by atoms with Crippen LogP contribution in [0, 0.1) is 5.92 Å². The fourth-order valence-electron chi connectivity index (χ4n) is 2.66. The molecule has 1 saturated heterocycles. The van der Waals surface area contributed by atoms with Crippen LogP contribution in [0.5, 0.6) is 0 Å². The predicted octanol–water partition coefficient (Wildman–Crippen LogP) is 1.90. The van der Waals surface area contributed by atoms with Crippen molar-refractivity contribution in [3.63, 3.8) is 0 Å². The highest BCUT2D eigenvalue weighted by atomic mass is 15.2. The summed E-state index contributed by atoms with van der Waals surface area (Å²) in [4.78, 5) is 6.67. The number of rotatable bonds is 2. The minimum Gasteiger partial charge on any atom is -0.367 e. The highest BCUT2D eigenvalue weighted by molar-refractivity contribution is 5.45. The van der Waals surface area contributed by atoms with Gasteiger partial charge in [-0.25, -0.2) is 0 Å². The van der Waals surface area contributed by atoms with Crippen LogP contribution in [0.2, 0.25) is 0 Å². The summed E-state index contributed by atoms with van der Waals surface area (Å²) in [6.45, 7) is 5.75. The summed E-state index contributed by atoms with van der Waals surface area (Å²) in [6.07, 6.45) is 5.00. The second kappa shape index (κ2) is 4.83. The molecule has 88 valence electrons. The van der Waals surface area contributed by atoms with Gasteiger partial charge in [0.15, 0.2) is 0 Å². The van der Waals surface area contributed by atoms with Crippen LogP contribution in [0.4, 0.5) is 5.69 Å². The van der Waals surface area contributed by atoms with Crippen LogP contribution >= 0.6 is 0 Å². The van der Waals surface area contributed by atoms with Gasteiger partial charge in [-0.3, -0.25) is 4.98 Å². The minimum absolute atomic E-state index is 0.565. The first-order valence-corrected chi connectivity index (χ1v) is 6.08. The quantitative estimate of drug-likeness (QED) is 0.823. The number of hydrogen-bond donors (Lipinski definition) is 1. The molecule has 0 saturated carbocycles. The van der Waals surface area contributed by atoms with Gasteiger partial charge in [-0.2, -0.15) is 0 Å². The van der Waals surface area contributed by atoms with Crippen molar-refractivity contribution in [3.8, 4) is 0 Å². The maximum Gasteiger partial charge on any atom is 0.0555 e. The summed E-state index contributed by atoms with van der Waals surface area (Å²) in [5.41, 5.74) is 1.25. The molecule has 2 heterocycles. The Morgan fingerprint density at radius 1 is 1.44 bits per heavy atom. The van der Waals surface area contributed by atoms with Crippen molar-refractivity contribution in [2.45, 2.75) is 32.4 Å². The van der Waals surface area contributed by atoms with Gasteiger partial charge in [0.1, 0.15) is 0 Å². The molecule has 1 aliphatic rings. The zero-order valence-corrected chi connectivity index (χ0v) is 10.4. The van der Waals surface area contributed by atoms with E-state index in [-0.39, 0.29) is 0 Å². The van der Waals surface area contributed by atoms with Crippen molar-refractivity contribution in [1.29, 1.82) is 0 Å². The molecule has 0 aliphatic carbocycles. The number of aromatic nitrogens is 1. The fourth-order valence-corrected chi connectivity index (χ4v) is 2.66. The van der Waals surface area contributed by atoms with Gasteiger partial charge in [-0.1, -0.05) is 6.92 Å². The van der Waals surface area contributed by atoms with Gasteiger partial charge >= 0.3 is 0 Å². The van der Waals surface area contributed by atoms with Crippen LogP contribution in [0.15, 0.2) is 24.5 Å². The van der Waals surface area contributed by atoms with Crippen LogP contribution in [0.3, 0.4) is 0 Å². The van der Waals surface area contributed by atoms with Gasteiger partial charge in [-0.15, -0.1) is 0 Å². The van der Waals surface area contributed by atoms with E-state index < -0.39 is 0 Å². The molecule has 1 aromatic rings. The molecule has 16 heavy (non-hydrogen) atoms. The molecule has 3 unspecified atom stereocenters. The van der Waals surface area contributed by atoms with E-state index >= 15 is 0 Å². The highest BCUT2D eigenvalue weighted by Gasteiger charge is 2.31. The summed E-state index contributed by atoms with van der Waals surface area (Å²) >= 11 is 0. The fraction of sp³-hybridized carbons (Fsp3) is 0.615. The van der Waals surface area contributed by atoms with Crippen molar-refractivity contribution in [1.82, 2.24) is 10.3 Å². The third-order valence-corrected chi connectivity index (χ3v) is 3.92. The van der Waals surface area contributed by atoms with E-state index in [4.69, 9.17) is 0 Å². The Kier molecular flexibility index (Phi) is 3.44. The van der Waals surface area contributed by atoms with E-state index in [9.17, 15) is 0 Å². The first kappa shape index (κ1) is 11.4. The zero-order chi connectivity index (χ0) is 11.5.